The Bertz CT molecular complexity index is 1180. The van der Waals surface area contributed by atoms with E-state index in [0.717, 1.165) is 15.1 Å². The number of aromatic nitrogens is 1. The van der Waals surface area contributed by atoms with Crippen LogP contribution < -0.4 is 14.3 Å². The van der Waals surface area contributed by atoms with Crippen molar-refractivity contribution in [2.24, 2.45) is 4.99 Å². The lowest BCUT2D eigenvalue weighted by atomic mass is 10.2. The number of esters is 1. The van der Waals surface area contributed by atoms with E-state index in [1.807, 2.05) is 47.9 Å². The molecule has 4 rings (SSSR count). The number of carbonyl (C=O) groups excluding carboxylic acids is 2. The van der Waals surface area contributed by atoms with E-state index in [1.165, 1.54) is 35.8 Å². The largest absolute Gasteiger partial charge is 0.486 e. The number of rotatable bonds is 6. The topological polar surface area (TPSA) is 79.1 Å². The molecule has 2 aromatic carbocycles. The van der Waals surface area contributed by atoms with Gasteiger partial charge < -0.3 is 18.8 Å². The number of amides is 1. The van der Waals surface area contributed by atoms with E-state index in [4.69, 9.17) is 14.2 Å². The van der Waals surface area contributed by atoms with Crippen LogP contribution in [0.4, 0.5) is 0 Å². The van der Waals surface area contributed by atoms with Gasteiger partial charge in [0.25, 0.3) is 5.91 Å². The molecule has 0 atom stereocenters. The zero-order valence-electron chi connectivity index (χ0n) is 17.3. The van der Waals surface area contributed by atoms with Crippen LogP contribution in [0.15, 0.2) is 46.3 Å². The Labute approximate surface area is 187 Å². The second-order valence-electron chi connectivity index (χ2n) is 6.93. The van der Waals surface area contributed by atoms with Gasteiger partial charge in [-0.25, -0.2) is 0 Å². The fourth-order valence-corrected chi connectivity index (χ4v) is 4.90. The lowest BCUT2D eigenvalue weighted by Crippen LogP contribution is -2.20. The van der Waals surface area contributed by atoms with E-state index in [2.05, 4.69) is 4.99 Å². The molecule has 0 fully saturated rings. The summed E-state index contributed by atoms with van der Waals surface area (Å²) in [6.07, 6.45) is 0.177. The molecule has 3 aromatic rings. The maximum atomic E-state index is 12.6. The fraction of sp³-hybridized carbons (Fsp3) is 0.318. The van der Waals surface area contributed by atoms with Crippen LogP contribution in [-0.2, 0) is 20.9 Å². The van der Waals surface area contributed by atoms with E-state index in [0.29, 0.717) is 36.1 Å². The summed E-state index contributed by atoms with van der Waals surface area (Å²) in [5.41, 5.74) is 2.02. The molecule has 2 heterocycles. The highest BCUT2D eigenvalue weighted by Gasteiger charge is 2.17. The predicted molar refractivity (Wildman–Crippen MR) is 120 cm³/mol. The predicted octanol–water partition coefficient (Wildman–Crippen LogP) is 3.57. The van der Waals surface area contributed by atoms with Crippen LogP contribution in [0.1, 0.15) is 12.0 Å². The van der Waals surface area contributed by atoms with Crippen LogP contribution in [-0.4, -0.2) is 42.5 Å². The minimum atomic E-state index is -0.323. The molecule has 1 aliphatic rings. The molecule has 1 aliphatic heterocycles. The fourth-order valence-electron chi connectivity index (χ4n) is 3.13. The van der Waals surface area contributed by atoms with Crippen molar-refractivity contribution >= 4 is 45.2 Å². The summed E-state index contributed by atoms with van der Waals surface area (Å²) in [4.78, 5) is 30.2. The second kappa shape index (κ2) is 9.57. The number of thioether (sulfide) groups is 1. The molecule has 0 saturated carbocycles. The van der Waals surface area contributed by atoms with Gasteiger partial charge in [-0.2, -0.15) is 4.99 Å². The van der Waals surface area contributed by atoms with Gasteiger partial charge in [0.15, 0.2) is 16.3 Å². The number of hydrogen-bond donors (Lipinski definition) is 0. The number of benzene rings is 2. The number of nitrogens with zero attached hydrogens (tertiary/aromatic N) is 2. The highest BCUT2D eigenvalue weighted by atomic mass is 32.2. The number of hydrogen-bond acceptors (Lipinski definition) is 7. The van der Waals surface area contributed by atoms with Gasteiger partial charge in [0.1, 0.15) is 13.2 Å². The van der Waals surface area contributed by atoms with Crippen LogP contribution in [0.2, 0.25) is 0 Å². The molecular weight excluding hydrogens is 436 g/mol. The van der Waals surface area contributed by atoms with Gasteiger partial charge in [-0.3, -0.25) is 9.59 Å². The summed E-state index contributed by atoms with van der Waals surface area (Å²) in [6, 6.07) is 11.8. The summed E-state index contributed by atoms with van der Waals surface area (Å²) in [7, 11) is 1.36. The van der Waals surface area contributed by atoms with E-state index < -0.39 is 0 Å². The standard InChI is InChI=1S/C22H22N2O5S2/c1-14-3-5-15(6-4-14)30-13-20(25)23-22-24(8-7-21(26)27-2)16-11-17-18(12-19(16)31-22)29-10-9-28-17/h3-6,11-12H,7-10,13H2,1-2H3. The van der Waals surface area contributed by atoms with Crippen molar-refractivity contribution < 1.29 is 23.8 Å². The lowest BCUT2D eigenvalue weighted by Gasteiger charge is -2.18. The lowest BCUT2D eigenvalue weighted by molar-refractivity contribution is -0.140. The van der Waals surface area contributed by atoms with Crippen LogP contribution in [0.5, 0.6) is 11.5 Å². The van der Waals surface area contributed by atoms with Crippen LogP contribution in [0.25, 0.3) is 10.2 Å². The Morgan fingerprint density at radius 3 is 2.58 bits per heavy atom. The summed E-state index contributed by atoms with van der Waals surface area (Å²) in [5.74, 6) is 0.999. The number of thiazole rings is 1. The van der Waals surface area contributed by atoms with Crippen molar-refractivity contribution in [1.82, 2.24) is 4.57 Å². The zero-order valence-corrected chi connectivity index (χ0v) is 18.9. The van der Waals surface area contributed by atoms with Crippen molar-refractivity contribution in [1.29, 1.82) is 0 Å². The quantitative estimate of drug-likeness (QED) is 0.415. The molecule has 0 spiro atoms. The first-order valence-electron chi connectivity index (χ1n) is 9.80. The number of carbonyl (C=O) groups is 2. The molecule has 0 unspecified atom stereocenters. The number of ether oxygens (including phenoxy) is 3. The Kier molecular flexibility index (Phi) is 6.62. The Morgan fingerprint density at radius 1 is 1.16 bits per heavy atom. The van der Waals surface area contributed by atoms with Gasteiger partial charge in [-0.1, -0.05) is 29.0 Å². The molecule has 31 heavy (non-hydrogen) atoms. The highest BCUT2D eigenvalue weighted by Crippen LogP contribution is 2.35. The Morgan fingerprint density at radius 2 is 1.87 bits per heavy atom. The minimum Gasteiger partial charge on any atom is -0.486 e. The molecule has 0 saturated heterocycles. The van der Waals surface area contributed by atoms with Crippen molar-refractivity contribution in [3.63, 3.8) is 0 Å². The number of fused-ring (bicyclic) bond motifs is 2. The third kappa shape index (κ3) is 5.11. The van der Waals surface area contributed by atoms with Gasteiger partial charge in [0, 0.05) is 23.6 Å². The van der Waals surface area contributed by atoms with E-state index >= 15 is 0 Å². The third-order valence-electron chi connectivity index (χ3n) is 4.72. The summed E-state index contributed by atoms with van der Waals surface area (Å²) < 4.78 is 18.9. The molecule has 1 amide bonds. The van der Waals surface area contributed by atoms with Crippen LogP contribution >= 0.6 is 23.1 Å². The molecule has 1 aromatic heterocycles. The maximum absolute atomic E-state index is 12.6. The zero-order chi connectivity index (χ0) is 21.8. The molecule has 0 aliphatic carbocycles. The summed E-state index contributed by atoms with van der Waals surface area (Å²) >= 11 is 2.84. The number of aryl methyl sites for hydroxylation is 2. The molecule has 9 heteroatoms. The Hall–Kier alpha value is -2.78. The van der Waals surface area contributed by atoms with E-state index in [9.17, 15) is 9.59 Å². The summed E-state index contributed by atoms with van der Waals surface area (Å²) in [6.45, 7) is 3.36. The monoisotopic (exact) mass is 458 g/mol. The van der Waals surface area contributed by atoms with Gasteiger partial charge in [0.2, 0.25) is 0 Å². The van der Waals surface area contributed by atoms with Crippen LogP contribution in [0.3, 0.4) is 0 Å². The molecular formula is C22H22N2O5S2. The van der Waals surface area contributed by atoms with Crippen molar-refractivity contribution in [2.45, 2.75) is 24.8 Å². The molecule has 0 bridgehead atoms. The average molecular weight is 459 g/mol. The SMILES string of the molecule is COC(=O)CCn1c(=NC(=O)CSc2ccc(C)cc2)sc2cc3c(cc21)OCCO3. The number of methoxy groups -OCH3 is 1. The van der Waals surface area contributed by atoms with E-state index in [1.54, 1.807) is 0 Å². The van der Waals surface area contributed by atoms with Gasteiger partial charge >= 0.3 is 5.97 Å². The third-order valence-corrected chi connectivity index (χ3v) is 6.76. The minimum absolute atomic E-state index is 0.177. The summed E-state index contributed by atoms with van der Waals surface area (Å²) in [5, 5.41) is 0. The van der Waals surface area contributed by atoms with Crippen LogP contribution in [0, 0.1) is 6.92 Å². The molecule has 7 nitrogen and oxygen atoms in total. The normalized spacial score (nSPS) is 13.4. The van der Waals surface area contributed by atoms with Gasteiger partial charge in [-0.05, 0) is 19.1 Å². The van der Waals surface area contributed by atoms with E-state index in [-0.39, 0.29) is 24.1 Å². The first kappa shape index (κ1) is 21.5. The maximum Gasteiger partial charge on any atom is 0.307 e. The second-order valence-corrected chi connectivity index (χ2v) is 8.99. The Balaban J connectivity index is 1.64. The first-order valence-corrected chi connectivity index (χ1v) is 11.6. The van der Waals surface area contributed by atoms with Crippen molar-refractivity contribution in [3.8, 4) is 11.5 Å². The smallest absolute Gasteiger partial charge is 0.307 e. The molecule has 0 radical (unpaired) electrons. The van der Waals surface area contributed by atoms with Crippen molar-refractivity contribution in [2.75, 3.05) is 26.1 Å². The molecule has 162 valence electrons. The molecule has 0 N–H and O–H groups in total. The highest BCUT2D eigenvalue weighted by molar-refractivity contribution is 8.00. The van der Waals surface area contributed by atoms with Gasteiger partial charge in [-0.15, -0.1) is 11.8 Å². The average Bonchev–Trinajstić information content (AvgIpc) is 3.11. The first-order chi connectivity index (χ1) is 15.0. The van der Waals surface area contributed by atoms with Gasteiger partial charge in [0.05, 0.1) is 29.5 Å². The van der Waals surface area contributed by atoms with Crippen molar-refractivity contribution in [3.05, 3.63) is 46.8 Å².